The first kappa shape index (κ1) is 17.0. The quantitative estimate of drug-likeness (QED) is 0.672. The van der Waals surface area contributed by atoms with Crippen LogP contribution >= 0.6 is 0 Å². The molecule has 2 aromatic carbocycles. The van der Waals surface area contributed by atoms with Crippen LogP contribution in [0.1, 0.15) is 5.56 Å². The van der Waals surface area contributed by atoms with Gasteiger partial charge in [-0.3, -0.25) is 9.69 Å². The zero-order valence-corrected chi connectivity index (χ0v) is 14.6. The van der Waals surface area contributed by atoms with Gasteiger partial charge in [-0.1, -0.05) is 0 Å². The summed E-state index contributed by atoms with van der Waals surface area (Å²) in [7, 11) is 0. The van der Waals surface area contributed by atoms with Gasteiger partial charge in [0.25, 0.3) is 0 Å². The highest BCUT2D eigenvalue weighted by Crippen LogP contribution is 2.29. The Bertz CT molecular complexity index is 1010. The van der Waals surface area contributed by atoms with Crippen molar-refractivity contribution in [2.45, 2.75) is 6.92 Å². The molecule has 3 aromatic rings. The van der Waals surface area contributed by atoms with Gasteiger partial charge in [0.05, 0.1) is 24.0 Å². The number of morpholine rings is 1. The Labute approximate surface area is 149 Å². The van der Waals surface area contributed by atoms with Crippen LogP contribution in [0, 0.1) is 12.7 Å². The Morgan fingerprint density at radius 3 is 2.77 bits per heavy atom. The smallest absolute Gasteiger partial charge is 0.200 e. The Hall–Kier alpha value is -2.44. The summed E-state index contributed by atoms with van der Waals surface area (Å²) >= 11 is 0. The van der Waals surface area contributed by atoms with Crippen molar-refractivity contribution in [3.8, 4) is 5.75 Å². The molecule has 6 heteroatoms. The summed E-state index contributed by atoms with van der Waals surface area (Å²) in [4.78, 5) is 15.0. The summed E-state index contributed by atoms with van der Waals surface area (Å²) in [6.45, 7) is 6.39. The molecular formula is C20H20FNO4. The van der Waals surface area contributed by atoms with Gasteiger partial charge < -0.3 is 13.9 Å². The highest BCUT2D eigenvalue weighted by atomic mass is 19.1. The molecule has 2 heterocycles. The Kier molecular flexibility index (Phi) is 4.61. The normalized spacial score (nSPS) is 15.6. The van der Waals surface area contributed by atoms with Crippen LogP contribution in [0.5, 0.6) is 5.75 Å². The van der Waals surface area contributed by atoms with Crippen molar-refractivity contribution in [3.05, 3.63) is 51.9 Å². The Morgan fingerprint density at radius 1 is 1.15 bits per heavy atom. The Balaban J connectivity index is 1.69. The second-order valence-electron chi connectivity index (χ2n) is 6.51. The average Bonchev–Trinajstić information content (AvgIpc) is 2.63. The van der Waals surface area contributed by atoms with Gasteiger partial charge in [0.15, 0.2) is 11.3 Å². The molecule has 1 aliphatic heterocycles. The van der Waals surface area contributed by atoms with E-state index >= 15 is 0 Å². The lowest BCUT2D eigenvalue weighted by molar-refractivity contribution is 0.0323. The summed E-state index contributed by atoms with van der Waals surface area (Å²) in [5.41, 5.74) is 1.32. The molecular weight excluding hydrogens is 337 g/mol. The first-order chi connectivity index (χ1) is 12.6. The highest BCUT2D eigenvalue weighted by Gasteiger charge is 2.15. The van der Waals surface area contributed by atoms with Crippen molar-refractivity contribution in [1.29, 1.82) is 0 Å². The lowest BCUT2D eigenvalue weighted by Gasteiger charge is -2.26. The second kappa shape index (κ2) is 7.05. The van der Waals surface area contributed by atoms with E-state index in [0.717, 1.165) is 38.4 Å². The maximum atomic E-state index is 13.5. The van der Waals surface area contributed by atoms with E-state index in [1.165, 1.54) is 18.2 Å². The van der Waals surface area contributed by atoms with Gasteiger partial charge in [0.1, 0.15) is 18.0 Å². The topological polar surface area (TPSA) is 51.9 Å². The van der Waals surface area contributed by atoms with E-state index in [4.69, 9.17) is 13.9 Å². The van der Waals surface area contributed by atoms with Gasteiger partial charge in [-0.25, -0.2) is 4.39 Å². The van der Waals surface area contributed by atoms with Gasteiger partial charge in [-0.2, -0.15) is 0 Å². The van der Waals surface area contributed by atoms with E-state index < -0.39 is 5.82 Å². The Morgan fingerprint density at radius 2 is 1.96 bits per heavy atom. The SMILES string of the molecule is Cc1cc(OCCN2CCOCC2)c2oc3cc(F)ccc3c(=O)c2c1. The standard InChI is InChI=1S/C20H20FNO4/c1-13-10-16-19(23)15-3-2-14(21)12-17(15)26-20(16)18(11-13)25-9-6-22-4-7-24-8-5-22/h2-3,10-12H,4-9H2,1H3. The molecule has 0 saturated carbocycles. The number of ether oxygens (including phenoxy) is 2. The van der Waals surface area contributed by atoms with Crippen LogP contribution in [0.15, 0.2) is 39.5 Å². The van der Waals surface area contributed by atoms with Gasteiger partial charge in [0.2, 0.25) is 5.43 Å². The van der Waals surface area contributed by atoms with E-state index in [9.17, 15) is 9.18 Å². The molecule has 136 valence electrons. The molecule has 1 aromatic heterocycles. The third-order valence-corrected chi connectivity index (χ3v) is 4.61. The predicted octanol–water partition coefficient (Wildman–Crippen LogP) is 3.10. The molecule has 0 bridgehead atoms. The third kappa shape index (κ3) is 3.30. The van der Waals surface area contributed by atoms with E-state index in [-0.39, 0.29) is 11.0 Å². The summed E-state index contributed by atoms with van der Waals surface area (Å²) in [5.74, 6) is 0.0680. The van der Waals surface area contributed by atoms with Crippen LogP contribution in [-0.2, 0) is 4.74 Å². The molecule has 0 unspecified atom stereocenters. The molecule has 0 amide bonds. The number of rotatable bonds is 4. The number of aryl methyl sites for hydroxylation is 1. The maximum absolute atomic E-state index is 13.5. The zero-order valence-electron chi connectivity index (χ0n) is 14.6. The molecule has 0 aliphatic carbocycles. The van der Waals surface area contributed by atoms with Crippen LogP contribution in [-0.4, -0.2) is 44.4 Å². The van der Waals surface area contributed by atoms with Crippen molar-refractivity contribution in [3.63, 3.8) is 0 Å². The monoisotopic (exact) mass is 357 g/mol. The van der Waals surface area contributed by atoms with Crippen LogP contribution in [0.4, 0.5) is 4.39 Å². The summed E-state index contributed by atoms with van der Waals surface area (Å²) in [5, 5.41) is 0.814. The number of halogens is 1. The molecule has 1 fully saturated rings. The molecule has 0 N–H and O–H groups in total. The first-order valence-corrected chi connectivity index (χ1v) is 8.71. The van der Waals surface area contributed by atoms with E-state index in [0.29, 0.717) is 28.7 Å². The highest BCUT2D eigenvalue weighted by molar-refractivity contribution is 5.92. The summed E-state index contributed by atoms with van der Waals surface area (Å²) in [6.07, 6.45) is 0. The number of nitrogens with zero attached hydrogens (tertiary/aromatic N) is 1. The predicted molar refractivity (Wildman–Crippen MR) is 97.4 cm³/mol. The van der Waals surface area contributed by atoms with Gasteiger partial charge in [-0.15, -0.1) is 0 Å². The maximum Gasteiger partial charge on any atom is 0.200 e. The van der Waals surface area contributed by atoms with Crippen LogP contribution < -0.4 is 10.2 Å². The molecule has 1 saturated heterocycles. The third-order valence-electron chi connectivity index (χ3n) is 4.61. The summed E-state index contributed by atoms with van der Waals surface area (Å²) in [6, 6.07) is 7.57. The lowest BCUT2D eigenvalue weighted by atomic mass is 10.1. The lowest BCUT2D eigenvalue weighted by Crippen LogP contribution is -2.38. The fraction of sp³-hybridized carbons (Fsp3) is 0.350. The molecule has 0 atom stereocenters. The second-order valence-corrected chi connectivity index (χ2v) is 6.51. The van der Waals surface area contributed by atoms with Crippen molar-refractivity contribution >= 4 is 21.9 Å². The summed E-state index contributed by atoms with van der Waals surface area (Å²) < 4.78 is 30.6. The van der Waals surface area contributed by atoms with Crippen molar-refractivity contribution in [2.75, 3.05) is 39.5 Å². The minimum atomic E-state index is -0.443. The fourth-order valence-electron chi connectivity index (χ4n) is 3.25. The minimum absolute atomic E-state index is 0.178. The van der Waals surface area contributed by atoms with Crippen LogP contribution in [0.2, 0.25) is 0 Å². The zero-order chi connectivity index (χ0) is 18.1. The number of hydrogen-bond acceptors (Lipinski definition) is 5. The van der Waals surface area contributed by atoms with Crippen LogP contribution in [0.3, 0.4) is 0 Å². The number of fused-ring (bicyclic) bond motifs is 2. The molecule has 0 spiro atoms. The van der Waals surface area contributed by atoms with Crippen molar-refractivity contribution < 1.29 is 18.3 Å². The van der Waals surface area contributed by atoms with Gasteiger partial charge in [0, 0.05) is 25.7 Å². The number of hydrogen-bond donors (Lipinski definition) is 0. The average molecular weight is 357 g/mol. The first-order valence-electron chi connectivity index (χ1n) is 8.71. The van der Waals surface area contributed by atoms with Gasteiger partial charge in [-0.05, 0) is 36.8 Å². The molecule has 26 heavy (non-hydrogen) atoms. The minimum Gasteiger partial charge on any atom is -0.488 e. The van der Waals surface area contributed by atoms with Crippen molar-refractivity contribution in [2.24, 2.45) is 0 Å². The van der Waals surface area contributed by atoms with E-state index in [2.05, 4.69) is 4.90 Å². The van der Waals surface area contributed by atoms with E-state index in [1.54, 1.807) is 6.07 Å². The van der Waals surface area contributed by atoms with Gasteiger partial charge >= 0.3 is 0 Å². The fourth-order valence-corrected chi connectivity index (χ4v) is 3.25. The molecule has 1 aliphatic rings. The largest absolute Gasteiger partial charge is 0.488 e. The molecule has 0 radical (unpaired) electrons. The molecule has 5 nitrogen and oxygen atoms in total. The number of benzene rings is 2. The van der Waals surface area contributed by atoms with E-state index in [1.807, 2.05) is 13.0 Å². The van der Waals surface area contributed by atoms with Crippen LogP contribution in [0.25, 0.3) is 21.9 Å². The van der Waals surface area contributed by atoms with Crippen molar-refractivity contribution in [1.82, 2.24) is 4.90 Å². The molecule has 4 rings (SSSR count).